The highest BCUT2D eigenvalue weighted by Gasteiger charge is 2.19. The van der Waals surface area contributed by atoms with Crippen LogP contribution in [0.5, 0.6) is 0 Å². The summed E-state index contributed by atoms with van der Waals surface area (Å²) in [6.45, 7) is 0.776. The normalized spacial score (nSPS) is 10.5. The van der Waals surface area contributed by atoms with Crippen molar-refractivity contribution >= 4 is 22.9 Å². The molecule has 0 spiro atoms. The second kappa shape index (κ2) is 7.10. The standard InChI is InChI=1S/C17H14N2O4S/c20-17(14-3-5-15(6-4-14)19(21)22)18(10-13-7-9-24-12-13)11-16-2-1-8-23-16/h1-9,12H,10-11H2. The van der Waals surface area contributed by atoms with E-state index in [1.165, 1.54) is 24.3 Å². The van der Waals surface area contributed by atoms with Crippen molar-refractivity contribution in [3.8, 4) is 0 Å². The van der Waals surface area contributed by atoms with Crippen LogP contribution in [0.1, 0.15) is 21.7 Å². The highest BCUT2D eigenvalue weighted by Crippen LogP contribution is 2.18. The number of furan rings is 1. The van der Waals surface area contributed by atoms with E-state index in [1.54, 1.807) is 28.6 Å². The minimum atomic E-state index is -0.486. The number of non-ortho nitro benzene ring substituents is 1. The van der Waals surface area contributed by atoms with E-state index in [9.17, 15) is 14.9 Å². The number of nitro benzene ring substituents is 1. The average Bonchev–Trinajstić information content (AvgIpc) is 3.27. The topological polar surface area (TPSA) is 76.6 Å². The van der Waals surface area contributed by atoms with Gasteiger partial charge in [0.2, 0.25) is 0 Å². The van der Waals surface area contributed by atoms with Crippen LogP contribution in [0.2, 0.25) is 0 Å². The van der Waals surface area contributed by atoms with Gasteiger partial charge in [0.1, 0.15) is 5.76 Å². The number of carbonyl (C=O) groups is 1. The minimum Gasteiger partial charge on any atom is -0.467 e. The Morgan fingerprint density at radius 3 is 2.54 bits per heavy atom. The first-order chi connectivity index (χ1) is 11.6. The molecule has 24 heavy (non-hydrogen) atoms. The van der Waals surface area contributed by atoms with Crippen LogP contribution in [-0.4, -0.2) is 15.7 Å². The Morgan fingerprint density at radius 2 is 1.96 bits per heavy atom. The van der Waals surface area contributed by atoms with Crippen molar-refractivity contribution in [3.05, 3.63) is 86.5 Å². The second-order valence-corrected chi connectivity index (χ2v) is 5.96. The van der Waals surface area contributed by atoms with Crippen LogP contribution in [0.4, 0.5) is 5.69 Å². The van der Waals surface area contributed by atoms with Crippen molar-refractivity contribution in [3.63, 3.8) is 0 Å². The number of thiophene rings is 1. The lowest BCUT2D eigenvalue weighted by atomic mass is 10.1. The lowest BCUT2D eigenvalue weighted by molar-refractivity contribution is -0.384. The monoisotopic (exact) mass is 342 g/mol. The van der Waals surface area contributed by atoms with Crippen molar-refractivity contribution in [1.29, 1.82) is 0 Å². The molecule has 122 valence electrons. The maximum absolute atomic E-state index is 12.8. The van der Waals surface area contributed by atoms with Crippen LogP contribution in [-0.2, 0) is 13.1 Å². The highest BCUT2D eigenvalue weighted by atomic mass is 32.1. The molecule has 0 aliphatic heterocycles. The predicted molar refractivity (Wildman–Crippen MR) is 89.7 cm³/mol. The van der Waals surface area contributed by atoms with Gasteiger partial charge in [-0.15, -0.1) is 0 Å². The molecular formula is C17H14N2O4S. The molecule has 0 aliphatic rings. The summed E-state index contributed by atoms with van der Waals surface area (Å²) in [5.41, 5.74) is 1.39. The first-order valence-corrected chi connectivity index (χ1v) is 8.15. The number of benzene rings is 1. The van der Waals surface area contributed by atoms with Gasteiger partial charge < -0.3 is 9.32 Å². The third-order valence-electron chi connectivity index (χ3n) is 3.49. The lowest BCUT2D eigenvalue weighted by Gasteiger charge is -2.21. The van der Waals surface area contributed by atoms with Gasteiger partial charge in [0, 0.05) is 24.2 Å². The molecule has 2 heterocycles. The molecule has 7 heteroatoms. The zero-order chi connectivity index (χ0) is 16.9. The molecule has 3 aromatic rings. The number of nitrogens with zero attached hydrogens (tertiary/aromatic N) is 2. The van der Waals surface area contributed by atoms with E-state index in [1.807, 2.05) is 22.9 Å². The van der Waals surface area contributed by atoms with E-state index >= 15 is 0 Å². The summed E-state index contributed by atoms with van der Waals surface area (Å²) in [5.74, 6) is 0.480. The third kappa shape index (κ3) is 3.69. The molecule has 0 atom stereocenters. The molecule has 6 nitrogen and oxygen atoms in total. The highest BCUT2D eigenvalue weighted by molar-refractivity contribution is 7.07. The van der Waals surface area contributed by atoms with Gasteiger partial charge in [0.25, 0.3) is 11.6 Å². The number of hydrogen-bond acceptors (Lipinski definition) is 5. The maximum Gasteiger partial charge on any atom is 0.269 e. The first kappa shape index (κ1) is 15.9. The maximum atomic E-state index is 12.8. The Bertz CT molecular complexity index is 775. The molecule has 0 radical (unpaired) electrons. The van der Waals surface area contributed by atoms with Crippen molar-refractivity contribution in [2.24, 2.45) is 0 Å². The Labute approximate surface area is 142 Å². The van der Waals surface area contributed by atoms with Crippen molar-refractivity contribution in [2.75, 3.05) is 0 Å². The van der Waals surface area contributed by atoms with Crippen LogP contribution < -0.4 is 0 Å². The fourth-order valence-electron chi connectivity index (χ4n) is 2.30. The Morgan fingerprint density at radius 1 is 1.17 bits per heavy atom. The predicted octanol–water partition coefficient (Wildman–Crippen LogP) is 4.09. The quantitative estimate of drug-likeness (QED) is 0.499. The second-order valence-electron chi connectivity index (χ2n) is 5.18. The molecule has 1 aromatic carbocycles. The van der Waals surface area contributed by atoms with Crippen LogP contribution in [0, 0.1) is 10.1 Å². The molecule has 0 saturated carbocycles. The van der Waals surface area contributed by atoms with Gasteiger partial charge in [-0.05, 0) is 46.7 Å². The van der Waals surface area contributed by atoms with Gasteiger partial charge in [0.05, 0.1) is 17.7 Å². The molecule has 0 aliphatic carbocycles. The number of nitro groups is 1. The summed E-state index contributed by atoms with van der Waals surface area (Å²) in [6.07, 6.45) is 1.56. The number of rotatable bonds is 6. The Balaban J connectivity index is 1.82. The number of hydrogen-bond donors (Lipinski definition) is 0. The van der Waals surface area contributed by atoms with Crippen LogP contribution in [0.25, 0.3) is 0 Å². The fraction of sp³-hybridized carbons (Fsp3) is 0.118. The number of carbonyl (C=O) groups excluding carboxylic acids is 1. The zero-order valence-corrected chi connectivity index (χ0v) is 13.4. The minimum absolute atomic E-state index is 0.0398. The smallest absolute Gasteiger partial charge is 0.269 e. The summed E-state index contributed by atoms with van der Waals surface area (Å²) in [7, 11) is 0. The first-order valence-electron chi connectivity index (χ1n) is 7.20. The fourth-order valence-corrected chi connectivity index (χ4v) is 2.96. The van der Waals surface area contributed by atoms with Crippen LogP contribution in [0.15, 0.2) is 63.9 Å². The van der Waals surface area contributed by atoms with Crippen LogP contribution in [0.3, 0.4) is 0 Å². The molecule has 0 N–H and O–H groups in total. The van der Waals surface area contributed by atoms with Gasteiger partial charge in [-0.2, -0.15) is 11.3 Å². The summed E-state index contributed by atoms with van der Waals surface area (Å²) in [4.78, 5) is 24.7. The van der Waals surface area contributed by atoms with E-state index in [2.05, 4.69) is 0 Å². The molecule has 0 bridgehead atoms. The van der Waals surface area contributed by atoms with E-state index < -0.39 is 4.92 Å². The number of amides is 1. The van der Waals surface area contributed by atoms with Crippen molar-refractivity contribution in [2.45, 2.75) is 13.1 Å². The van der Waals surface area contributed by atoms with Crippen LogP contribution >= 0.6 is 11.3 Å². The van der Waals surface area contributed by atoms with Gasteiger partial charge in [-0.3, -0.25) is 14.9 Å². The summed E-state index contributed by atoms with van der Waals surface area (Å²) < 4.78 is 5.34. The summed E-state index contributed by atoms with van der Waals surface area (Å²) >= 11 is 1.57. The Kier molecular flexibility index (Phi) is 4.72. The largest absolute Gasteiger partial charge is 0.467 e. The summed E-state index contributed by atoms with van der Waals surface area (Å²) in [6, 6.07) is 11.2. The van der Waals surface area contributed by atoms with Gasteiger partial charge >= 0.3 is 0 Å². The summed E-state index contributed by atoms with van der Waals surface area (Å²) in [5, 5.41) is 14.7. The molecule has 2 aromatic heterocycles. The molecule has 0 saturated heterocycles. The van der Waals surface area contributed by atoms with Gasteiger partial charge in [-0.1, -0.05) is 0 Å². The SMILES string of the molecule is O=C(c1ccc([N+](=O)[O-])cc1)N(Cc1ccsc1)Cc1ccco1. The lowest BCUT2D eigenvalue weighted by Crippen LogP contribution is -2.29. The van der Waals surface area contributed by atoms with E-state index in [0.29, 0.717) is 24.4 Å². The average molecular weight is 342 g/mol. The van der Waals surface area contributed by atoms with Gasteiger partial charge in [0.15, 0.2) is 0 Å². The van der Waals surface area contributed by atoms with Crippen molar-refractivity contribution < 1.29 is 14.1 Å². The Hall–Kier alpha value is -2.93. The zero-order valence-electron chi connectivity index (χ0n) is 12.6. The molecule has 3 rings (SSSR count). The molecule has 0 fully saturated rings. The van der Waals surface area contributed by atoms with Gasteiger partial charge in [-0.25, -0.2) is 0 Å². The molecular weight excluding hydrogens is 328 g/mol. The van der Waals surface area contributed by atoms with E-state index in [0.717, 1.165) is 5.56 Å². The van der Waals surface area contributed by atoms with E-state index in [4.69, 9.17) is 4.42 Å². The van der Waals surface area contributed by atoms with E-state index in [-0.39, 0.29) is 11.6 Å². The van der Waals surface area contributed by atoms with Crippen molar-refractivity contribution in [1.82, 2.24) is 4.90 Å². The molecule has 0 unspecified atom stereocenters. The third-order valence-corrected chi connectivity index (χ3v) is 4.22. The molecule has 1 amide bonds.